The zero-order valence-electron chi connectivity index (χ0n) is 8.79. The third-order valence-corrected chi connectivity index (χ3v) is 3.70. The quantitative estimate of drug-likeness (QED) is 0.664. The smallest absolute Gasteiger partial charge is 0.151 e. The van der Waals surface area contributed by atoms with E-state index >= 15 is 0 Å². The lowest BCUT2D eigenvalue weighted by Gasteiger charge is -2.39. The van der Waals surface area contributed by atoms with Gasteiger partial charge in [0.2, 0.25) is 0 Å². The molecular formula is C11H22O2. The number of hydrogen-bond acceptors (Lipinski definition) is 2. The summed E-state index contributed by atoms with van der Waals surface area (Å²) < 4.78 is 0. The predicted octanol–water partition coefficient (Wildman–Crippen LogP) is 2.29. The first kappa shape index (κ1) is 11.0. The van der Waals surface area contributed by atoms with Gasteiger partial charge in [-0.15, -0.1) is 0 Å². The van der Waals surface area contributed by atoms with E-state index in [2.05, 4.69) is 13.8 Å². The van der Waals surface area contributed by atoms with Gasteiger partial charge in [0, 0.05) is 6.42 Å². The van der Waals surface area contributed by atoms with Gasteiger partial charge in [-0.1, -0.05) is 33.1 Å². The largest absolute Gasteiger partial charge is 0.368 e. The average molecular weight is 186 g/mol. The van der Waals surface area contributed by atoms with Gasteiger partial charge in [0.1, 0.15) is 0 Å². The molecule has 0 aromatic carbocycles. The standard InChI is InChI=1S/C11H22O2/c1-3-11(8-10(12)13)6-4-9(2)5-7-11/h9-10,12-13H,3-8H2,1-2H3. The van der Waals surface area contributed by atoms with Crippen LogP contribution >= 0.6 is 0 Å². The molecule has 0 spiro atoms. The molecule has 0 radical (unpaired) electrons. The highest BCUT2D eigenvalue weighted by Crippen LogP contribution is 2.44. The van der Waals surface area contributed by atoms with Crippen LogP contribution < -0.4 is 0 Å². The third kappa shape index (κ3) is 2.96. The topological polar surface area (TPSA) is 40.5 Å². The van der Waals surface area contributed by atoms with Crippen molar-refractivity contribution in [2.24, 2.45) is 11.3 Å². The minimum Gasteiger partial charge on any atom is -0.368 e. The minimum absolute atomic E-state index is 0.223. The summed E-state index contributed by atoms with van der Waals surface area (Å²) >= 11 is 0. The number of aliphatic hydroxyl groups is 2. The summed E-state index contributed by atoms with van der Waals surface area (Å²) in [7, 11) is 0. The van der Waals surface area contributed by atoms with Crippen molar-refractivity contribution in [3.63, 3.8) is 0 Å². The van der Waals surface area contributed by atoms with Crippen LogP contribution in [-0.4, -0.2) is 16.5 Å². The highest BCUT2D eigenvalue weighted by Gasteiger charge is 2.33. The van der Waals surface area contributed by atoms with Crippen LogP contribution in [0.3, 0.4) is 0 Å². The fourth-order valence-electron chi connectivity index (χ4n) is 2.46. The van der Waals surface area contributed by atoms with Crippen molar-refractivity contribution in [2.45, 2.75) is 58.7 Å². The Balaban J connectivity index is 2.50. The van der Waals surface area contributed by atoms with Crippen LogP contribution in [0.4, 0.5) is 0 Å². The molecule has 0 saturated heterocycles. The molecule has 1 aliphatic rings. The molecular weight excluding hydrogens is 164 g/mol. The Morgan fingerprint density at radius 3 is 2.23 bits per heavy atom. The molecule has 1 aliphatic carbocycles. The van der Waals surface area contributed by atoms with Crippen LogP contribution in [0.5, 0.6) is 0 Å². The van der Waals surface area contributed by atoms with E-state index in [9.17, 15) is 0 Å². The Morgan fingerprint density at radius 1 is 1.31 bits per heavy atom. The molecule has 0 amide bonds. The van der Waals surface area contributed by atoms with E-state index in [-0.39, 0.29) is 5.41 Å². The average Bonchev–Trinajstić information content (AvgIpc) is 2.09. The molecule has 2 N–H and O–H groups in total. The SMILES string of the molecule is CCC1(CC(O)O)CCC(C)CC1. The summed E-state index contributed by atoms with van der Waals surface area (Å²) in [5.74, 6) is 0.829. The van der Waals surface area contributed by atoms with Gasteiger partial charge in [0.25, 0.3) is 0 Å². The van der Waals surface area contributed by atoms with Gasteiger partial charge >= 0.3 is 0 Å². The van der Waals surface area contributed by atoms with Crippen LogP contribution in [0.15, 0.2) is 0 Å². The zero-order valence-corrected chi connectivity index (χ0v) is 8.79. The lowest BCUT2D eigenvalue weighted by Crippen LogP contribution is -2.30. The van der Waals surface area contributed by atoms with Crippen LogP contribution in [0, 0.1) is 11.3 Å². The van der Waals surface area contributed by atoms with E-state index in [1.54, 1.807) is 0 Å². The molecule has 0 atom stereocenters. The Hall–Kier alpha value is -0.0800. The molecule has 78 valence electrons. The maximum Gasteiger partial charge on any atom is 0.151 e. The van der Waals surface area contributed by atoms with Crippen LogP contribution in [0.25, 0.3) is 0 Å². The van der Waals surface area contributed by atoms with Crippen LogP contribution in [0.2, 0.25) is 0 Å². The Kier molecular flexibility index (Phi) is 3.74. The second-order valence-corrected chi connectivity index (χ2v) is 4.72. The highest BCUT2D eigenvalue weighted by molar-refractivity contribution is 4.84. The van der Waals surface area contributed by atoms with Gasteiger partial charge < -0.3 is 10.2 Å². The molecule has 2 nitrogen and oxygen atoms in total. The molecule has 1 saturated carbocycles. The molecule has 1 fully saturated rings. The maximum absolute atomic E-state index is 9.02. The van der Waals surface area contributed by atoms with Crippen LogP contribution in [-0.2, 0) is 0 Å². The monoisotopic (exact) mass is 186 g/mol. The molecule has 2 heteroatoms. The van der Waals surface area contributed by atoms with Crippen molar-refractivity contribution in [3.05, 3.63) is 0 Å². The van der Waals surface area contributed by atoms with Crippen molar-refractivity contribution in [2.75, 3.05) is 0 Å². The van der Waals surface area contributed by atoms with E-state index in [0.29, 0.717) is 6.42 Å². The van der Waals surface area contributed by atoms with Crippen molar-refractivity contribution in [1.29, 1.82) is 0 Å². The number of aliphatic hydroxyl groups excluding tert-OH is 1. The Bertz CT molecular complexity index is 146. The maximum atomic E-state index is 9.02. The molecule has 1 rings (SSSR count). The van der Waals surface area contributed by atoms with Gasteiger partial charge in [-0.2, -0.15) is 0 Å². The predicted molar refractivity (Wildman–Crippen MR) is 53.2 cm³/mol. The summed E-state index contributed by atoms with van der Waals surface area (Å²) in [4.78, 5) is 0. The van der Waals surface area contributed by atoms with Gasteiger partial charge in [0.15, 0.2) is 6.29 Å². The lowest BCUT2D eigenvalue weighted by atomic mass is 9.67. The third-order valence-electron chi connectivity index (χ3n) is 3.70. The fourth-order valence-corrected chi connectivity index (χ4v) is 2.46. The second kappa shape index (κ2) is 4.43. The van der Waals surface area contributed by atoms with Crippen molar-refractivity contribution in [3.8, 4) is 0 Å². The Labute approximate surface area is 81.0 Å². The van der Waals surface area contributed by atoms with E-state index in [1.165, 1.54) is 25.7 Å². The first-order chi connectivity index (χ1) is 6.08. The first-order valence-corrected chi connectivity index (χ1v) is 5.44. The van der Waals surface area contributed by atoms with Crippen molar-refractivity contribution in [1.82, 2.24) is 0 Å². The summed E-state index contributed by atoms with van der Waals surface area (Å²) in [6.07, 6.45) is 5.37. The second-order valence-electron chi connectivity index (χ2n) is 4.72. The molecule has 0 aromatic rings. The lowest BCUT2D eigenvalue weighted by molar-refractivity contribution is -0.0824. The van der Waals surface area contributed by atoms with E-state index in [0.717, 1.165) is 12.3 Å². The van der Waals surface area contributed by atoms with E-state index < -0.39 is 6.29 Å². The molecule has 0 unspecified atom stereocenters. The zero-order chi connectivity index (χ0) is 9.90. The first-order valence-electron chi connectivity index (χ1n) is 5.44. The van der Waals surface area contributed by atoms with Gasteiger partial charge in [-0.3, -0.25) is 0 Å². The van der Waals surface area contributed by atoms with E-state index in [4.69, 9.17) is 10.2 Å². The normalized spacial score (nSPS) is 35.3. The fraction of sp³-hybridized carbons (Fsp3) is 1.00. The van der Waals surface area contributed by atoms with Gasteiger partial charge in [0.05, 0.1) is 0 Å². The molecule has 0 aliphatic heterocycles. The van der Waals surface area contributed by atoms with Gasteiger partial charge in [-0.25, -0.2) is 0 Å². The van der Waals surface area contributed by atoms with Crippen molar-refractivity contribution < 1.29 is 10.2 Å². The summed E-state index contributed by atoms with van der Waals surface area (Å²) in [6.45, 7) is 4.45. The number of hydrogen-bond donors (Lipinski definition) is 2. The minimum atomic E-state index is -1.12. The summed E-state index contributed by atoms with van der Waals surface area (Å²) in [5, 5.41) is 18.0. The number of rotatable bonds is 3. The molecule has 13 heavy (non-hydrogen) atoms. The van der Waals surface area contributed by atoms with Gasteiger partial charge in [-0.05, 0) is 24.2 Å². The van der Waals surface area contributed by atoms with Crippen LogP contribution in [0.1, 0.15) is 52.4 Å². The summed E-state index contributed by atoms with van der Waals surface area (Å²) in [5.41, 5.74) is 0.223. The molecule has 0 heterocycles. The Morgan fingerprint density at radius 2 is 1.85 bits per heavy atom. The highest BCUT2D eigenvalue weighted by atomic mass is 16.5. The molecule has 0 bridgehead atoms. The summed E-state index contributed by atoms with van der Waals surface area (Å²) in [6, 6.07) is 0. The van der Waals surface area contributed by atoms with Crippen molar-refractivity contribution >= 4 is 0 Å². The van der Waals surface area contributed by atoms with E-state index in [1.807, 2.05) is 0 Å². The molecule has 0 aromatic heterocycles.